The van der Waals surface area contributed by atoms with Crippen LogP contribution in [-0.2, 0) is 19.2 Å². The Kier molecular flexibility index (Phi) is 13.0. The molecule has 4 amide bonds. The van der Waals surface area contributed by atoms with Gasteiger partial charge in [0, 0.05) is 36.3 Å². The minimum atomic E-state index is -0.774. The first kappa shape index (κ1) is 44.6. The van der Waals surface area contributed by atoms with Crippen LogP contribution in [0.1, 0.15) is 113 Å². The zero-order valence-electron chi connectivity index (χ0n) is 37.3. The van der Waals surface area contributed by atoms with E-state index in [0.29, 0.717) is 13.1 Å². The molecule has 0 unspecified atom stereocenters. The second kappa shape index (κ2) is 18.6. The molecule has 4 heterocycles. The first-order chi connectivity index (χ1) is 30.7. The quantitative estimate of drug-likeness (QED) is 0.133. The molecule has 2 saturated heterocycles. The van der Waals surface area contributed by atoms with Crippen LogP contribution < -0.4 is 10.6 Å². The van der Waals surface area contributed by atoms with Crippen molar-refractivity contribution in [3.63, 3.8) is 0 Å². The van der Waals surface area contributed by atoms with Gasteiger partial charge in [0.15, 0.2) is 0 Å². The van der Waals surface area contributed by atoms with E-state index in [-0.39, 0.29) is 35.7 Å². The van der Waals surface area contributed by atoms with Crippen LogP contribution in [0.2, 0.25) is 0 Å². The Labute approximate surface area is 384 Å². The van der Waals surface area contributed by atoms with Crippen LogP contribution in [-0.4, -0.2) is 56.5 Å². The normalized spacial score (nSPS) is 17.5. The molecule has 0 saturated carbocycles. The number of benzene rings is 4. The van der Waals surface area contributed by atoms with Crippen molar-refractivity contribution in [1.82, 2.24) is 30.4 Å². The molecule has 2 fully saturated rings. The van der Waals surface area contributed by atoms with Gasteiger partial charge in [-0.15, -0.1) is 22.7 Å². The molecule has 330 valence electrons. The summed E-state index contributed by atoms with van der Waals surface area (Å²) in [6.45, 7) is 12.3. The van der Waals surface area contributed by atoms with Gasteiger partial charge in [-0.25, -0.2) is 9.97 Å². The lowest BCUT2D eigenvalue weighted by molar-refractivity contribution is -0.139. The van der Waals surface area contributed by atoms with Crippen molar-refractivity contribution >= 4 is 46.3 Å². The highest BCUT2D eigenvalue weighted by Crippen LogP contribution is 2.41. The highest BCUT2D eigenvalue weighted by atomic mass is 32.1. The summed E-state index contributed by atoms with van der Waals surface area (Å²) in [4.78, 5) is 70.2. The molecule has 2 aromatic heterocycles. The molecule has 0 spiro atoms. The minimum absolute atomic E-state index is 0.113. The second-order valence-corrected chi connectivity index (χ2v) is 20.9. The Morgan fingerprint density at radius 3 is 1.22 bits per heavy atom. The first-order valence-corrected chi connectivity index (χ1v) is 23.7. The first-order valence-electron chi connectivity index (χ1n) is 22.1. The fourth-order valence-corrected chi connectivity index (χ4v) is 10.4. The molecule has 0 radical (unpaired) electrons. The van der Waals surface area contributed by atoms with Gasteiger partial charge >= 0.3 is 0 Å². The van der Waals surface area contributed by atoms with E-state index < -0.39 is 22.9 Å². The number of carbonyl (C=O) groups excluding carboxylic acids is 4. The lowest BCUT2D eigenvalue weighted by Crippen LogP contribution is -2.45. The maximum atomic E-state index is 14.2. The monoisotopic (exact) mass is 892 g/mol. The third-order valence-corrected chi connectivity index (χ3v) is 14.3. The van der Waals surface area contributed by atoms with Crippen LogP contribution in [0.15, 0.2) is 122 Å². The van der Waals surface area contributed by atoms with Gasteiger partial charge in [0.25, 0.3) is 0 Å². The average Bonchev–Trinajstić information content (AvgIpc) is 4.14. The van der Waals surface area contributed by atoms with Gasteiger partial charge in [0.2, 0.25) is 23.6 Å². The maximum Gasteiger partial charge on any atom is 0.250 e. The highest BCUT2D eigenvalue weighted by Gasteiger charge is 2.40. The van der Waals surface area contributed by atoms with Crippen molar-refractivity contribution < 1.29 is 19.2 Å². The Bertz CT molecular complexity index is 2410. The van der Waals surface area contributed by atoms with E-state index in [1.807, 2.05) is 124 Å². The lowest BCUT2D eigenvalue weighted by Gasteiger charge is -2.30. The van der Waals surface area contributed by atoms with Crippen LogP contribution in [0, 0.1) is 10.8 Å². The third-order valence-electron chi connectivity index (χ3n) is 12.0. The Morgan fingerprint density at radius 1 is 0.531 bits per heavy atom. The molecule has 0 aliphatic carbocycles. The van der Waals surface area contributed by atoms with Gasteiger partial charge in [-0.1, -0.05) is 151 Å². The van der Waals surface area contributed by atoms with Crippen LogP contribution >= 0.6 is 22.7 Å². The lowest BCUT2D eigenvalue weighted by atomic mass is 9.94. The van der Waals surface area contributed by atoms with Gasteiger partial charge in [-0.05, 0) is 59.1 Å². The summed E-state index contributed by atoms with van der Waals surface area (Å²) in [6, 6.07) is 34.1. The Hall–Kier alpha value is -5.98. The topological polar surface area (TPSA) is 125 Å². The van der Waals surface area contributed by atoms with E-state index >= 15 is 0 Å². The number of hydrogen-bond acceptors (Lipinski definition) is 8. The highest BCUT2D eigenvalue weighted by molar-refractivity contribution is 7.15. The Balaban J connectivity index is 0.931. The summed E-state index contributed by atoms with van der Waals surface area (Å²) in [5.41, 5.74) is 4.55. The Morgan fingerprint density at radius 2 is 0.875 bits per heavy atom. The number of likely N-dealkylation sites (tertiary alicyclic amines) is 2. The molecular formula is C52H56N6O4S2. The van der Waals surface area contributed by atoms with Crippen LogP contribution in [0.25, 0.3) is 32.0 Å². The molecule has 8 rings (SSSR count). The number of thiazole rings is 2. The predicted molar refractivity (Wildman–Crippen MR) is 255 cm³/mol. The smallest absolute Gasteiger partial charge is 0.250 e. The van der Waals surface area contributed by atoms with E-state index in [2.05, 4.69) is 59.2 Å². The fourth-order valence-electron chi connectivity index (χ4n) is 8.27. The molecule has 6 aromatic rings. The summed E-state index contributed by atoms with van der Waals surface area (Å²) in [5, 5.41) is 7.88. The van der Waals surface area contributed by atoms with Crippen molar-refractivity contribution in [1.29, 1.82) is 0 Å². The number of nitrogens with one attached hydrogen (secondary N) is 2. The number of carbonyl (C=O) groups is 4. The summed E-state index contributed by atoms with van der Waals surface area (Å²) >= 11 is 3.22. The van der Waals surface area contributed by atoms with E-state index in [0.717, 1.165) is 78.8 Å². The summed E-state index contributed by atoms with van der Waals surface area (Å²) < 4.78 is 0. The van der Waals surface area contributed by atoms with Crippen molar-refractivity contribution in [2.45, 2.75) is 91.4 Å². The average molecular weight is 893 g/mol. The van der Waals surface area contributed by atoms with E-state index in [4.69, 9.17) is 9.97 Å². The van der Waals surface area contributed by atoms with Crippen LogP contribution in [0.4, 0.5) is 0 Å². The maximum absolute atomic E-state index is 14.2. The van der Waals surface area contributed by atoms with Crippen LogP contribution in [0.3, 0.4) is 0 Å². The SMILES string of the molecule is CC(C)(C)C(=O)N[C@H](C(=O)N1CCC[C@H]1c1ncc(-c2ccc(-c3ccc(-c4cnc([C@@H]5CCCN5C(=O)[C@H](NC(=O)C(C)(C)C)c5ccccc5)s4)cc3)cc2)s1)c1ccccc1. The van der Waals surface area contributed by atoms with Gasteiger partial charge in [-0.3, -0.25) is 19.2 Å². The zero-order valence-corrected chi connectivity index (χ0v) is 39.0. The fraction of sp³-hybridized carbons (Fsp3) is 0.346. The van der Waals surface area contributed by atoms with Gasteiger partial charge in [0.1, 0.15) is 22.1 Å². The molecular weight excluding hydrogens is 837 g/mol. The number of hydrogen-bond donors (Lipinski definition) is 2. The molecule has 0 bridgehead atoms. The minimum Gasteiger partial charge on any atom is -0.340 e. The largest absolute Gasteiger partial charge is 0.340 e. The zero-order chi connectivity index (χ0) is 45.2. The molecule has 2 aliphatic rings. The van der Waals surface area contributed by atoms with E-state index in [1.54, 1.807) is 22.7 Å². The molecule has 2 aliphatic heterocycles. The van der Waals surface area contributed by atoms with Crippen molar-refractivity contribution in [2.24, 2.45) is 10.8 Å². The summed E-state index contributed by atoms with van der Waals surface area (Å²) in [6.07, 6.45) is 7.17. The number of nitrogens with zero attached hydrogens (tertiary/aromatic N) is 4. The third kappa shape index (κ3) is 9.73. The second-order valence-electron chi connectivity index (χ2n) is 18.8. The molecule has 4 aromatic carbocycles. The molecule has 10 nitrogen and oxygen atoms in total. The van der Waals surface area contributed by atoms with Crippen molar-refractivity contribution in [2.75, 3.05) is 13.1 Å². The van der Waals surface area contributed by atoms with Crippen molar-refractivity contribution in [3.8, 4) is 32.0 Å². The molecule has 12 heteroatoms. The van der Waals surface area contributed by atoms with Gasteiger partial charge in [-0.2, -0.15) is 0 Å². The van der Waals surface area contributed by atoms with Gasteiger partial charge in [0.05, 0.1) is 21.8 Å². The molecule has 64 heavy (non-hydrogen) atoms. The standard InChI is InChI=1S/C52H56N6O4S2/c1-51(2,3)49(61)55-43(37-15-9-7-10-16-37)47(59)57-29-13-19-39(57)45-53-31-41(63-45)35-25-21-33(22-26-35)34-23-27-36(28-24-34)42-32-54-46(64-42)40-20-14-30-58(40)48(60)44(38-17-11-8-12-18-38)56-50(62)52(4,5)6/h7-12,15-18,21-28,31-32,39-40,43-44H,13-14,19-20,29-30H2,1-6H3,(H,55,61)(H,56,62)/t39-,40-,43-,44+/m0/s1. The molecule has 2 N–H and O–H groups in total. The predicted octanol–water partition coefficient (Wildman–Crippen LogP) is 10.7. The van der Waals surface area contributed by atoms with E-state index in [1.165, 1.54) is 0 Å². The van der Waals surface area contributed by atoms with Crippen molar-refractivity contribution in [3.05, 3.63) is 143 Å². The van der Waals surface area contributed by atoms with Crippen LogP contribution in [0.5, 0.6) is 0 Å². The van der Waals surface area contributed by atoms with Gasteiger partial charge < -0.3 is 20.4 Å². The summed E-state index contributed by atoms with van der Waals surface area (Å²) in [7, 11) is 0. The summed E-state index contributed by atoms with van der Waals surface area (Å²) in [5.74, 6) is -0.566. The molecule has 4 atom stereocenters. The van der Waals surface area contributed by atoms with E-state index in [9.17, 15) is 19.2 Å². The number of amides is 4. The number of rotatable bonds is 11. The number of aromatic nitrogens is 2.